The maximum atomic E-state index is 12.6. The highest BCUT2D eigenvalue weighted by Gasteiger charge is 2.20. The zero-order valence-electron chi connectivity index (χ0n) is 22.2. The second-order valence-electron chi connectivity index (χ2n) is 9.53. The number of piperazine rings is 1. The van der Waals surface area contributed by atoms with Crippen molar-refractivity contribution in [2.24, 2.45) is 0 Å². The van der Waals surface area contributed by atoms with E-state index in [1.807, 2.05) is 42.5 Å². The van der Waals surface area contributed by atoms with Crippen LogP contribution in [0.15, 0.2) is 83.8 Å². The molecule has 0 radical (unpaired) electrons. The van der Waals surface area contributed by atoms with Crippen molar-refractivity contribution >= 4 is 33.3 Å². The number of hydrogen-bond acceptors (Lipinski definition) is 5. The molecule has 1 aliphatic rings. The van der Waals surface area contributed by atoms with E-state index in [2.05, 4.69) is 32.1 Å². The molecule has 0 spiro atoms. The van der Waals surface area contributed by atoms with Gasteiger partial charge in [-0.05, 0) is 54.9 Å². The minimum absolute atomic E-state index is 0.113. The molecular weight excluding hydrogens is 512 g/mol. The Kier molecular flexibility index (Phi) is 9.69. The number of hydrogen-bond donors (Lipinski definition) is 4. The van der Waals surface area contributed by atoms with E-state index >= 15 is 0 Å². The molecule has 0 bridgehead atoms. The first-order valence-corrected chi connectivity index (χ1v) is 14.7. The first-order valence-electron chi connectivity index (χ1n) is 13.2. The van der Waals surface area contributed by atoms with Crippen LogP contribution in [0.5, 0.6) is 0 Å². The Hall–Kier alpha value is -3.73. The van der Waals surface area contributed by atoms with Crippen LogP contribution in [0.4, 0.5) is 16.2 Å². The Morgan fingerprint density at radius 3 is 2.26 bits per heavy atom. The van der Waals surface area contributed by atoms with Crippen LogP contribution in [-0.2, 0) is 16.6 Å². The molecule has 2 amide bonds. The van der Waals surface area contributed by atoms with Crippen LogP contribution < -0.4 is 15.4 Å². The highest BCUT2D eigenvalue weighted by molar-refractivity contribution is 7.89. The second-order valence-corrected chi connectivity index (χ2v) is 11.3. The molecule has 39 heavy (non-hydrogen) atoms. The van der Waals surface area contributed by atoms with Crippen molar-refractivity contribution in [2.75, 3.05) is 43.4 Å². The molecule has 0 unspecified atom stereocenters. The van der Waals surface area contributed by atoms with Crippen LogP contribution in [0.3, 0.4) is 0 Å². The number of unbranched alkanes of at least 4 members (excludes halogenated alkanes) is 1. The van der Waals surface area contributed by atoms with Crippen LogP contribution in [-0.4, -0.2) is 62.8 Å². The molecule has 4 N–H and O–H groups in total. The first-order chi connectivity index (χ1) is 18.8. The Morgan fingerprint density at radius 1 is 0.872 bits per heavy atom. The number of anilines is 2. The summed E-state index contributed by atoms with van der Waals surface area (Å²) in [5.41, 5.74) is 2.63. The summed E-state index contributed by atoms with van der Waals surface area (Å²) < 4.78 is 27.8. The van der Waals surface area contributed by atoms with E-state index in [0.29, 0.717) is 17.2 Å². The van der Waals surface area contributed by atoms with Gasteiger partial charge in [-0.2, -0.15) is 0 Å². The van der Waals surface area contributed by atoms with Crippen molar-refractivity contribution in [1.29, 1.82) is 5.41 Å². The number of amides is 2. The lowest BCUT2D eigenvalue weighted by Gasteiger charge is -2.36. The van der Waals surface area contributed by atoms with E-state index in [4.69, 9.17) is 5.41 Å². The zero-order chi connectivity index (χ0) is 27.7. The molecule has 1 saturated heterocycles. The maximum absolute atomic E-state index is 12.6. The molecule has 1 fully saturated rings. The summed E-state index contributed by atoms with van der Waals surface area (Å²) in [5.74, 6) is 0.451. The van der Waals surface area contributed by atoms with Crippen LogP contribution in [0.1, 0.15) is 30.9 Å². The minimum Gasteiger partial charge on any atom is -0.354 e. The number of nitrogens with zero attached hydrogens (tertiary/aromatic N) is 2. The van der Waals surface area contributed by atoms with E-state index in [9.17, 15) is 13.2 Å². The topological polar surface area (TPSA) is 118 Å². The largest absolute Gasteiger partial charge is 0.354 e. The lowest BCUT2D eigenvalue weighted by atomic mass is 10.1. The van der Waals surface area contributed by atoms with Gasteiger partial charge in [-0.3, -0.25) is 10.3 Å². The van der Waals surface area contributed by atoms with Gasteiger partial charge in [0.15, 0.2) is 0 Å². The lowest BCUT2D eigenvalue weighted by molar-refractivity contribution is 0.180. The lowest BCUT2D eigenvalue weighted by Crippen LogP contribution is -2.48. The average molecular weight is 549 g/mol. The third kappa shape index (κ3) is 8.13. The summed E-state index contributed by atoms with van der Waals surface area (Å²) in [4.78, 5) is 17.2. The Labute approximate surface area is 230 Å². The Balaban J connectivity index is 1.29. The van der Waals surface area contributed by atoms with Gasteiger partial charge in [0, 0.05) is 49.7 Å². The van der Waals surface area contributed by atoms with Crippen LogP contribution >= 0.6 is 0 Å². The number of rotatable bonds is 10. The third-order valence-electron chi connectivity index (χ3n) is 6.64. The van der Waals surface area contributed by atoms with Crippen LogP contribution in [0, 0.1) is 5.41 Å². The molecule has 0 aromatic heterocycles. The summed E-state index contributed by atoms with van der Waals surface area (Å²) in [6, 6.07) is 22.1. The highest BCUT2D eigenvalue weighted by Crippen LogP contribution is 2.17. The van der Waals surface area contributed by atoms with Gasteiger partial charge >= 0.3 is 6.03 Å². The summed E-state index contributed by atoms with van der Waals surface area (Å²) in [5, 5.41) is 14.2. The van der Waals surface area contributed by atoms with Crippen molar-refractivity contribution in [3.8, 4) is 0 Å². The van der Waals surface area contributed by atoms with Gasteiger partial charge in [0.05, 0.1) is 4.90 Å². The van der Waals surface area contributed by atoms with Crippen molar-refractivity contribution in [2.45, 2.75) is 31.2 Å². The summed E-state index contributed by atoms with van der Waals surface area (Å²) in [7, 11) is -3.69. The molecule has 1 aliphatic heterocycles. The number of benzene rings is 3. The summed E-state index contributed by atoms with van der Waals surface area (Å²) in [6.07, 6.45) is 2.38. The van der Waals surface area contributed by atoms with Crippen molar-refractivity contribution in [1.82, 2.24) is 14.5 Å². The molecule has 3 aromatic carbocycles. The average Bonchev–Trinajstić information content (AvgIpc) is 2.96. The van der Waals surface area contributed by atoms with E-state index in [-0.39, 0.29) is 11.4 Å². The van der Waals surface area contributed by atoms with Gasteiger partial charge in [0.1, 0.15) is 5.84 Å². The van der Waals surface area contributed by atoms with E-state index in [1.165, 1.54) is 25.0 Å². The number of amidine groups is 1. The fraction of sp³-hybridized carbons (Fsp3) is 0.310. The van der Waals surface area contributed by atoms with Crippen LogP contribution in [0.25, 0.3) is 0 Å². The number of carbonyl (C=O) groups is 1. The minimum atomic E-state index is -3.69. The van der Waals surface area contributed by atoms with E-state index in [0.717, 1.165) is 43.9 Å². The van der Waals surface area contributed by atoms with Gasteiger partial charge in [0.25, 0.3) is 0 Å². The Bertz CT molecular complexity index is 1360. The molecule has 0 aliphatic carbocycles. The molecule has 10 heteroatoms. The first kappa shape index (κ1) is 28.3. The molecule has 0 saturated carbocycles. The van der Waals surface area contributed by atoms with E-state index in [1.54, 1.807) is 24.3 Å². The molecule has 206 valence electrons. The van der Waals surface area contributed by atoms with Gasteiger partial charge in [-0.15, -0.1) is 0 Å². The molecule has 0 atom stereocenters. The normalized spacial score (nSPS) is 14.1. The fourth-order valence-corrected chi connectivity index (χ4v) is 5.39. The molecular formula is C29H36N6O3S. The maximum Gasteiger partial charge on any atom is 0.323 e. The second kappa shape index (κ2) is 13.4. The molecule has 9 nitrogen and oxygen atoms in total. The van der Waals surface area contributed by atoms with E-state index < -0.39 is 16.1 Å². The van der Waals surface area contributed by atoms with Crippen LogP contribution in [0.2, 0.25) is 0 Å². The summed E-state index contributed by atoms with van der Waals surface area (Å²) in [6.45, 7) is 7.02. The molecule has 1 heterocycles. The zero-order valence-corrected chi connectivity index (χ0v) is 23.0. The predicted molar refractivity (Wildman–Crippen MR) is 156 cm³/mol. The Morgan fingerprint density at radius 2 is 1.56 bits per heavy atom. The van der Waals surface area contributed by atoms with Gasteiger partial charge < -0.3 is 15.5 Å². The number of nitrogens with one attached hydrogen (secondary N) is 4. The highest BCUT2D eigenvalue weighted by atomic mass is 32.2. The van der Waals surface area contributed by atoms with Gasteiger partial charge in [0.2, 0.25) is 10.0 Å². The predicted octanol–water partition coefficient (Wildman–Crippen LogP) is 4.55. The fourth-order valence-electron chi connectivity index (χ4n) is 4.37. The molecule has 4 rings (SSSR count). The quantitative estimate of drug-likeness (QED) is 0.219. The smallest absolute Gasteiger partial charge is 0.323 e. The number of urea groups is 1. The SMILES string of the molecule is CCCCN1CCN(C(=N)c2cccc(NC(=O)Nc3ccc(S(=O)(=O)NCc4ccccc4)cc3)c2)CC1. The van der Waals surface area contributed by atoms with Crippen molar-refractivity contribution < 1.29 is 13.2 Å². The van der Waals surface area contributed by atoms with Gasteiger partial charge in [-0.25, -0.2) is 17.9 Å². The number of carbonyl (C=O) groups excluding carboxylic acids is 1. The standard InChI is InChI=1S/C29H36N6O3S/c1-2-3-16-34-17-19-35(20-18-34)28(30)24-10-7-11-26(21-24)33-29(36)32-25-12-14-27(15-13-25)39(37,38)31-22-23-8-5-4-6-9-23/h4-15,21,30-31H,2-3,16-20,22H2,1H3,(H2,32,33,36). The van der Waals surface area contributed by atoms with Gasteiger partial charge in [-0.1, -0.05) is 55.8 Å². The molecule has 3 aromatic rings. The van der Waals surface area contributed by atoms with Crippen molar-refractivity contribution in [3.05, 3.63) is 90.0 Å². The van der Waals surface area contributed by atoms with Crippen molar-refractivity contribution in [3.63, 3.8) is 0 Å². The number of sulfonamides is 1. The monoisotopic (exact) mass is 548 g/mol. The summed E-state index contributed by atoms with van der Waals surface area (Å²) >= 11 is 0. The third-order valence-corrected chi connectivity index (χ3v) is 8.06.